The van der Waals surface area contributed by atoms with E-state index in [-0.39, 0.29) is 5.97 Å². The van der Waals surface area contributed by atoms with Gasteiger partial charge in [-0.3, -0.25) is 4.79 Å². The van der Waals surface area contributed by atoms with Gasteiger partial charge >= 0.3 is 5.97 Å². The Hall–Kier alpha value is -2.81. The molecule has 0 spiro atoms. The van der Waals surface area contributed by atoms with Crippen LogP contribution in [0.1, 0.15) is 63.3 Å². The van der Waals surface area contributed by atoms with E-state index >= 15 is 0 Å². The highest BCUT2D eigenvalue weighted by molar-refractivity contribution is 5.88. The van der Waals surface area contributed by atoms with Gasteiger partial charge in [-0.15, -0.1) is 0 Å². The Labute approximate surface area is 193 Å². The summed E-state index contributed by atoms with van der Waals surface area (Å²) in [6.07, 6.45) is 8.69. The quantitative estimate of drug-likeness (QED) is 0.218. The van der Waals surface area contributed by atoms with Gasteiger partial charge in [0.25, 0.3) is 0 Å². The molecule has 3 aromatic rings. The van der Waals surface area contributed by atoms with Gasteiger partial charge in [0.15, 0.2) is 0 Å². The maximum Gasteiger partial charge on any atom is 0.305 e. The van der Waals surface area contributed by atoms with Gasteiger partial charge in [0.2, 0.25) is 0 Å². The van der Waals surface area contributed by atoms with Crippen molar-refractivity contribution in [2.24, 2.45) is 0 Å². The Balaban J connectivity index is 2.03. The first-order valence-corrected chi connectivity index (χ1v) is 12.1. The summed E-state index contributed by atoms with van der Waals surface area (Å²) in [4.78, 5) is 12.0. The van der Waals surface area contributed by atoms with Gasteiger partial charge in [0, 0.05) is 29.1 Å². The van der Waals surface area contributed by atoms with Crippen molar-refractivity contribution in [3.8, 4) is 22.3 Å². The van der Waals surface area contributed by atoms with Gasteiger partial charge in [0.05, 0.1) is 13.5 Å². The van der Waals surface area contributed by atoms with Crippen LogP contribution >= 0.6 is 0 Å². The van der Waals surface area contributed by atoms with Crippen molar-refractivity contribution >= 4 is 5.97 Å². The van der Waals surface area contributed by atoms with Crippen LogP contribution in [0.15, 0.2) is 60.7 Å². The van der Waals surface area contributed by atoms with E-state index in [1.54, 1.807) is 0 Å². The molecule has 0 saturated carbocycles. The predicted molar refractivity (Wildman–Crippen MR) is 134 cm³/mol. The number of rotatable bonds is 12. The molecule has 1 aromatic heterocycles. The molecule has 0 aliphatic rings. The summed E-state index contributed by atoms with van der Waals surface area (Å²) in [5, 5.41) is 0. The molecular formula is C29H37NO2. The standard InChI is InChI=1S/C29H37NO2/c1-4-5-6-7-8-15-22-30-23(2)28(24-16-11-9-12-17-24)29(25-18-13-10-14-19-25)26(30)20-21-27(31)32-3/h9-14,16-19H,4-8,15,20-22H2,1-3H3. The molecule has 2 aromatic carbocycles. The molecule has 0 aliphatic heterocycles. The Morgan fingerprint density at radius 1 is 0.812 bits per heavy atom. The first-order valence-electron chi connectivity index (χ1n) is 12.1. The van der Waals surface area contributed by atoms with Crippen LogP contribution in [0.2, 0.25) is 0 Å². The highest BCUT2D eigenvalue weighted by Gasteiger charge is 2.23. The summed E-state index contributed by atoms with van der Waals surface area (Å²) in [6, 6.07) is 21.2. The van der Waals surface area contributed by atoms with Gasteiger partial charge in [-0.1, -0.05) is 99.7 Å². The number of unbranched alkanes of at least 4 members (excludes halogenated alkanes) is 5. The van der Waals surface area contributed by atoms with Crippen LogP contribution in [0.5, 0.6) is 0 Å². The Bertz CT molecular complexity index is 973. The second kappa shape index (κ2) is 12.3. The first kappa shape index (κ1) is 23.8. The number of hydrogen-bond donors (Lipinski definition) is 0. The summed E-state index contributed by atoms with van der Waals surface area (Å²) >= 11 is 0. The minimum absolute atomic E-state index is 0.157. The van der Waals surface area contributed by atoms with E-state index in [0.717, 1.165) is 13.0 Å². The van der Waals surface area contributed by atoms with Crippen LogP contribution in [-0.2, 0) is 22.5 Å². The zero-order valence-electron chi connectivity index (χ0n) is 19.9. The number of carbonyl (C=O) groups excluding carboxylic acids is 1. The van der Waals surface area contributed by atoms with Crippen LogP contribution in [0.25, 0.3) is 22.3 Å². The van der Waals surface area contributed by atoms with E-state index < -0.39 is 0 Å². The molecule has 3 heteroatoms. The number of benzene rings is 2. The van der Waals surface area contributed by atoms with Crippen LogP contribution in [0, 0.1) is 6.92 Å². The molecule has 170 valence electrons. The molecule has 0 amide bonds. The lowest BCUT2D eigenvalue weighted by molar-refractivity contribution is -0.140. The first-order chi connectivity index (χ1) is 15.7. The number of ether oxygens (including phenoxy) is 1. The second-order valence-electron chi connectivity index (χ2n) is 8.51. The van der Waals surface area contributed by atoms with Crippen LogP contribution in [0.3, 0.4) is 0 Å². The zero-order chi connectivity index (χ0) is 22.8. The van der Waals surface area contributed by atoms with E-state index in [4.69, 9.17) is 4.74 Å². The number of aromatic nitrogens is 1. The van der Waals surface area contributed by atoms with Crippen molar-refractivity contribution in [3.05, 3.63) is 72.1 Å². The Morgan fingerprint density at radius 2 is 1.38 bits per heavy atom. The van der Waals surface area contributed by atoms with Gasteiger partial charge in [0.1, 0.15) is 0 Å². The van der Waals surface area contributed by atoms with E-state index in [9.17, 15) is 4.79 Å². The fraction of sp³-hybridized carbons (Fsp3) is 0.414. The molecule has 0 bridgehead atoms. The summed E-state index contributed by atoms with van der Waals surface area (Å²) in [7, 11) is 1.47. The number of methoxy groups -OCH3 is 1. The topological polar surface area (TPSA) is 31.2 Å². The van der Waals surface area contributed by atoms with Crippen molar-refractivity contribution < 1.29 is 9.53 Å². The lowest BCUT2D eigenvalue weighted by Gasteiger charge is -2.13. The van der Waals surface area contributed by atoms with E-state index in [1.807, 2.05) is 0 Å². The van der Waals surface area contributed by atoms with Crippen molar-refractivity contribution in [1.29, 1.82) is 0 Å². The SMILES string of the molecule is CCCCCCCCn1c(C)c(-c2ccccc2)c(-c2ccccc2)c1CCC(=O)OC. The van der Waals surface area contributed by atoms with Crippen LogP contribution < -0.4 is 0 Å². The minimum atomic E-state index is -0.157. The predicted octanol–water partition coefficient (Wildman–Crippen LogP) is 7.60. The normalized spacial score (nSPS) is 11.0. The largest absolute Gasteiger partial charge is 0.469 e. The van der Waals surface area contributed by atoms with Crippen molar-refractivity contribution in [2.45, 2.75) is 71.8 Å². The highest BCUT2D eigenvalue weighted by atomic mass is 16.5. The number of nitrogens with zero attached hydrogens (tertiary/aromatic N) is 1. The highest BCUT2D eigenvalue weighted by Crippen LogP contribution is 2.40. The maximum absolute atomic E-state index is 12.0. The lowest BCUT2D eigenvalue weighted by Crippen LogP contribution is -2.09. The molecule has 32 heavy (non-hydrogen) atoms. The fourth-order valence-corrected chi connectivity index (χ4v) is 4.61. The van der Waals surface area contributed by atoms with Gasteiger partial charge in [-0.25, -0.2) is 0 Å². The number of esters is 1. The van der Waals surface area contributed by atoms with Crippen molar-refractivity contribution in [2.75, 3.05) is 7.11 Å². The van der Waals surface area contributed by atoms with E-state index in [2.05, 4.69) is 79.1 Å². The second-order valence-corrected chi connectivity index (χ2v) is 8.51. The zero-order valence-corrected chi connectivity index (χ0v) is 19.9. The average Bonchev–Trinajstić information content (AvgIpc) is 3.12. The van der Waals surface area contributed by atoms with Crippen molar-refractivity contribution in [1.82, 2.24) is 4.57 Å². The molecule has 0 radical (unpaired) electrons. The minimum Gasteiger partial charge on any atom is -0.469 e. The van der Waals surface area contributed by atoms with Crippen molar-refractivity contribution in [3.63, 3.8) is 0 Å². The van der Waals surface area contributed by atoms with Crippen LogP contribution in [-0.4, -0.2) is 17.6 Å². The summed E-state index contributed by atoms with van der Waals surface area (Å²) in [6.45, 7) is 5.47. The summed E-state index contributed by atoms with van der Waals surface area (Å²) in [5.41, 5.74) is 7.49. The summed E-state index contributed by atoms with van der Waals surface area (Å²) in [5.74, 6) is -0.157. The molecule has 0 aliphatic carbocycles. The van der Waals surface area contributed by atoms with E-state index in [0.29, 0.717) is 12.8 Å². The lowest BCUT2D eigenvalue weighted by atomic mass is 9.94. The Morgan fingerprint density at radius 3 is 1.97 bits per heavy atom. The smallest absolute Gasteiger partial charge is 0.305 e. The third-order valence-electron chi connectivity index (χ3n) is 6.28. The summed E-state index contributed by atoms with van der Waals surface area (Å²) < 4.78 is 7.43. The van der Waals surface area contributed by atoms with Crippen LogP contribution in [0.4, 0.5) is 0 Å². The molecule has 3 nitrogen and oxygen atoms in total. The van der Waals surface area contributed by atoms with Gasteiger partial charge in [-0.05, 0) is 30.9 Å². The number of carbonyl (C=O) groups is 1. The molecule has 0 N–H and O–H groups in total. The molecular weight excluding hydrogens is 394 g/mol. The molecule has 0 fully saturated rings. The fourth-order valence-electron chi connectivity index (χ4n) is 4.61. The van der Waals surface area contributed by atoms with Gasteiger partial charge < -0.3 is 9.30 Å². The maximum atomic E-state index is 12.0. The molecule has 1 heterocycles. The molecule has 0 atom stereocenters. The monoisotopic (exact) mass is 431 g/mol. The molecule has 0 unspecified atom stereocenters. The average molecular weight is 432 g/mol. The van der Waals surface area contributed by atoms with Gasteiger partial charge in [-0.2, -0.15) is 0 Å². The Kier molecular flexibility index (Phi) is 9.15. The molecule has 0 saturated heterocycles. The number of hydrogen-bond acceptors (Lipinski definition) is 2. The third-order valence-corrected chi connectivity index (χ3v) is 6.28. The third kappa shape index (κ3) is 5.91. The van der Waals surface area contributed by atoms with E-state index in [1.165, 1.54) is 72.9 Å². The molecule has 3 rings (SSSR count).